The molecule has 1 fully saturated rings. The van der Waals surface area contributed by atoms with Crippen molar-refractivity contribution in [2.45, 2.75) is 31.4 Å². The first kappa shape index (κ1) is 21.0. The molecule has 4 rings (SSSR count). The summed E-state index contributed by atoms with van der Waals surface area (Å²) in [6.45, 7) is 1.23. The van der Waals surface area contributed by atoms with Gasteiger partial charge in [0.05, 0.1) is 29.6 Å². The van der Waals surface area contributed by atoms with E-state index in [4.69, 9.17) is 0 Å². The molecule has 1 aromatic carbocycles. The van der Waals surface area contributed by atoms with Crippen LogP contribution in [0.3, 0.4) is 0 Å². The summed E-state index contributed by atoms with van der Waals surface area (Å²) < 4.78 is 39.1. The average Bonchev–Trinajstić information content (AvgIpc) is 2.79. The Morgan fingerprint density at radius 2 is 1.77 bits per heavy atom. The fourth-order valence-electron chi connectivity index (χ4n) is 3.78. The first-order chi connectivity index (χ1) is 14.9. The molecule has 1 amide bonds. The van der Waals surface area contributed by atoms with Crippen molar-refractivity contribution in [3.05, 3.63) is 78.0 Å². The fraction of sp³-hybridized carbons (Fsp3) is 0.304. The number of benzene rings is 1. The van der Waals surface area contributed by atoms with E-state index in [2.05, 4.69) is 15.0 Å². The number of halogens is 3. The van der Waals surface area contributed by atoms with Crippen LogP contribution in [0.1, 0.15) is 35.6 Å². The molecule has 160 valence electrons. The van der Waals surface area contributed by atoms with Gasteiger partial charge in [-0.25, -0.2) is 4.98 Å². The summed E-state index contributed by atoms with van der Waals surface area (Å²) in [6, 6.07) is 8.77. The Morgan fingerprint density at radius 1 is 1.03 bits per heavy atom. The van der Waals surface area contributed by atoms with Crippen LogP contribution in [0.15, 0.2) is 61.2 Å². The molecule has 3 heterocycles. The van der Waals surface area contributed by atoms with Gasteiger partial charge in [-0.1, -0.05) is 12.1 Å². The van der Waals surface area contributed by atoms with Gasteiger partial charge in [0, 0.05) is 43.2 Å². The molecule has 0 unspecified atom stereocenters. The molecule has 0 radical (unpaired) electrons. The third-order valence-corrected chi connectivity index (χ3v) is 5.51. The Bertz CT molecular complexity index is 1050. The number of piperidine rings is 1. The van der Waals surface area contributed by atoms with Gasteiger partial charge in [-0.05, 0) is 42.7 Å². The predicted molar refractivity (Wildman–Crippen MR) is 109 cm³/mol. The summed E-state index contributed by atoms with van der Waals surface area (Å²) in [5.41, 5.74) is 1.77. The van der Waals surface area contributed by atoms with Gasteiger partial charge in [-0.2, -0.15) is 13.2 Å². The van der Waals surface area contributed by atoms with E-state index in [0.29, 0.717) is 30.8 Å². The molecule has 0 atom stereocenters. The molecule has 0 spiro atoms. The second kappa shape index (κ2) is 8.83. The van der Waals surface area contributed by atoms with Crippen molar-refractivity contribution in [3.63, 3.8) is 0 Å². The number of likely N-dealkylation sites (tertiary alicyclic amines) is 1. The largest absolute Gasteiger partial charge is 0.416 e. The minimum atomic E-state index is -4.41. The van der Waals surface area contributed by atoms with Crippen molar-refractivity contribution in [2.75, 3.05) is 13.1 Å². The van der Waals surface area contributed by atoms with Crippen molar-refractivity contribution >= 4 is 5.91 Å². The van der Waals surface area contributed by atoms with E-state index in [1.165, 1.54) is 12.3 Å². The van der Waals surface area contributed by atoms with Gasteiger partial charge in [0.15, 0.2) is 0 Å². The van der Waals surface area contributed by atoms with E-state index in [1.54, 1.807) is 24.7 Å². The van der Waals surface area contributed by atoms with Crippen LogP contribution < -0.4 is 0 Å². The number of amides is 1. The number of hydrogen-bond acceptors (Lipinski definition) is 4. The Kier molecular flexibility index (Phi) is 5.97. The van der Waals surface area contributed by atoms with Gasteiger partial charge in [0.2, 0.25) is 5.91 Å². The van der Waals surface area contributed by atoms with E-state index in [1.807, 2.05) is 17.0 Å². The standard InChI is InChI=1S/C23H21F3N4O/c24-23(25,26)19-3-1-2-18(13-19)21-15-28-14-20(29-21)17-6-10-30(11-7-17)22(31)12-16-4-8-27-9-5-16/h1-5,8-9,13-15,17H,6-7,10-12H2. The molecule has 0 bridgehead atoms. The van der Waals surface area contributed by atoms with Crippen molar-refractivity contribution in [2.24, 2.45) is 0 Å². The maximum atomic E-state index is 13.0. The number of rotatable bonds is 4. The van der Waals surface area contributed by atoms with Crippen LogP contribution >= 0.6 is 0 Å². The summed E-state index contributed by atoms with van der Waals surface area (Å²) in [7, 11) is 0. The Labute approximate surface area is 178 Å². The lowest BCUT2D eigenvalue weighted by Gasteiger charge is -2.31. The third kappa shape index (κ3) is 5.07. The quantitative estimate of drug-likeness (QED) is 0.616. The van der Waals surface area contributed by atoms with Crippen LogP contribution in [0.4, 0.5) is 13.2 Å². The van der Waals surface area contributed by atoms with E-state index in [-0.39, 0.29) is 11.8 Å². The topological polar surface area (TPSA) is 59.0 Å². The third-order valence-electron chi connectivity index (χ3n) is 5.51. The molecule has 3 aromatic rings. The number of aromatic nitrogens is 3. The summed E-state index contributed by atoms with van der Waals surface area (Å²) in [4.78, 5) is 27.2. The Morgan fingerprint density at radius 3 is 2.48 bits per heavy atom. The molecule has 5 nitrogen and oxygen atoms in total. The summed E-state index contributed by atoms with van der Waals surface area (Å²) in [5.74, 6) is 0.191. The van der Waals surface area contributed by atoms with Crippen molar-refractivity contribution in [1.82, 2.24) is 19.9 Å². The average molecular weight is 426 g/mol. The van der Waals surface area contributed by atoms with Crippen molar-refractivity contribution < 1.29 is 18.0 Å². The summed E-state index contributed by atoms with van der Waals surface area (Å²) in [5, 5.41) is 0. The monoisotopic (exact) mass is 426 g/mol. The molecule has 1 saturated heterocycles. The van der Waals surface area contributed by atoms with Crippen LogP contribution in [0.2, 0.25) is 0 Å². The molecular formula is C23H21F3N4O. The zero-order chi connectivity index (χ0) is 21.8. The van der Waals surface area contributed by atoms with Crippen LogP contribution in [0, 0.1) is 0 Å². The number of hydrogen-bond donors (Lipinski definition) is 0. The Balaban J connectivity index is 1.42. The summed E-state index contributed by atoms with van der Waals surface area (Å²) >= 11 is 0. The highest BCUT2D eigenvalue weighted by molar-refractivity contribution is 5.78. The van der Waals surface area contributed by atoms with Gasteiger partial charge >= 0.3 is 6.18 Å². The highest BCUT2D eigenvalue weighted by Crippen LogP contribution is 2.32. The summed E-state index contributed by atoms with van der Waals surface area (Å²) in [6.07, 6.45) is 3.90. The predicted octanol–water partition coefficient (Wildman–Crippen LogP) is 4.51. The lowest BCUT2D eigenvalue weighted by molar-refractivity contribution is -0.137. The van der Waals surface area contributed by atoms with Gasteiger partial charge in [-0.15, -0.1) is 0 Å². The van der Waals surface area contributed by atoms with Gasteiger partial charge in [-0.3, -0.25) is 14.8 Å². The van der Waals surface area contributed by atoms with Crippen LogP contribution in [-0.4, -0.2) is 38.8 Å². The van der Waals surface area contributed by atoms with E-state index in [0.717, 1.165) is 36.2 Å². The minimum absolute atomic E-state index is 0.0773. The lowest BCUT2D eigenvalue weighted by atomic mass is 9.93. The fourth-order valence-corrected chi connectivity index (χ4v) is 3.78. The van der Waals surface area contributed by atoms with E-state index < -0.39 is 11.7 Å². The highest BCUT2D eigenvalue weighted by atomic mass is 19.4. The number of nitrogens with zero attached hydrogens (tertiary/aromatic N) is 4. The van der Waals surface area contributed by atoms with Crippen molar-refractivity contribution in [1.29, 1.82) is 0 Å². The molecule has 1 aliphatic rings. The zero-order valence-electron chi connectivity index (χ0n) is 16.7. The second-order valence-electron chi connectivity index (χ2n) is 7.60. The zero-order valence-corrected chi connectivity index (χ0v) is 16.7. The molecule has 0 N–H and O–H groups in total. The molecule has 0 aliphatic carbocycles. The lowest BCUT2D eigenvalue weighted by Crippen LogP contribution is -2.39. The van der Waals surface area contributed by atoms with Crippen LogP contribution in [-0.2, 0) is 17.4 Å². The van der Waals surface area contributed by atoms with Gasteiger partial charge in [0.25, 0.3) is 0 Å². The Hall–Kier alpha value is -3.29. The first-order valence-corrected chi connectivity index (χ1v) is 10.1. The molecule has 1 aliphatic heterocycles. The maximum Gasteiger partial charge on any atom is 0.416 e. The number of carbonyl (C=O) groups is 1. The second-order valence-corrected chi connectivity index (χ2v) is 7.60. The number of pyridine rings is 1. The highest BCUT2D eigenvalue weighted by Gasteiger charge is 2.30. The van der Waals surface area contributed by atoms with Gasteiger partial charge in [0.1, 0.15) is 0 Å². The molecule has 8 heteroatoms. The minimum Gasteiger partial charge on any atom is -0.342 e. The van der Waals surface area contributed by atoms with E-state index in [9.17, 15) is 18.0 Å². The van der Waals surface area contributed by atoms with Gasteiger partial charge < -0.3 is 4.90 Å². The van der Waals surface area contributed by atoms with Crippen molar-refractivity contribution in [3.8, 4) is 11.3 Å². The van der Waals surface area contributed by atoms with E-state index >= 15 is 0 Å². The smallest absolute Gasteiger partial charge is 0.342 e. The SMILES string of the molecule is O=C(Cc1ccncc1)N1CCC(c2cncc(-c3cccc(C(F)(F)F)c3)n2)CC1. The molecular weight excluding hydrogens is 405 g/mol. The normalized spacial score (nSPS) is 15.1. The van der Waals surface area contributed by atoms with Crippen LogP contribution in [0.25, 0.3) is 11.3 Å². The molecule has 0 saturated carbocycles. The molecule has 2 aromatic heterocycles. The number of alkyl halides is 3. The maximum absolute atomic E-state index is 13.0. The first-order valence-electron chi connectivity index (χ1n) is 10.1. The molecule has 31 heavy (non-hydrogen) atoms. The number of carbonyl (C=O) groups excluding carboxylic acids is 1. The van der Waals surface area contributed by atoms with Crippen LogP contribution in [0.5, 0.6) is 0 Å².